The fourth-order valence-corrected chi connectivity index (χ4v) is 4.84. The smallest absolute Gasteiger partial charge is 0.338 e. The summed E-state index contributed by atoms with van der Waals surface area (Å²) in [4.78, 5) is 35.6. The summed E-state index contributed by atoms with van der Waals surface area (Å²) in [6.07, 6.45) is 0.600. The Bertz CT molecular complexity index is 1110. The number of carbonyl (C=O) groups excluding carboxylic acids is 3. The predicted octanol–water partition coefficient (Wildman–Crippen LogP) is 1.97. The summed E-state index contributed by atoms with van der Waals surface area (Å²) in [5.41, 5.74) is 5.73. The molecule has 0 spiro atoms. The summed E-state index contributed by atoms with van der Waals surface area (Å²) in [7, 11) is -3.76. The van der Waals surface area contributed by atoms with Gasteiger partial charge in [0.25, 0.3) is 0 Å². The lowest BCUT2D eigenvalue weighted by Crippen LogP contribution is -2.41. The van der Waals surface area contributed by atoms with Crippen molar-refractivity contribution >= 4 is 27.9 Å². The molecular formula is C22H24N2O7S. The number of nitrogens with zero attached hydrogens (tertiary/aromatic N) is 1. The predicted molar refractivity (Wildman–Crippen MR) is 114 cm³/mol. The lowest BCUT2D eigenvalue weighted by Gasteiger charge is -2.30. The van der Waals surface area contributed by atoms with Gasteiger partial charge in [0.2, 0.25) is 15.9 Å². The van der Waals surface area contributed by atoms with Gasteiger partial charge >= 0.3 is 11.9 Å². The third kappa shape index (κ3) is 5.32. The summed E-state index contributed by atoms with van der Waals surface area (Å²) < 4.78 is 37.4. The first-order chi connectivity index (χ1) is 15.2. The number of carbonyl (C=O) groups is 3. The average Bonchev–Trinajstić information content (AvgIpc) is 2.79. The van der Waals surface area contributed by atoms with E-state index in [1.54, 1.807) is 19.1 Å². The maximum atomic E-state index is 12.9. The highest BCUT2D eigenvalue weighted by Gasteiger charge is 2.33. The van der Waals surface area contributed by atoms with Crippen LogP contribution in [0.5, 0.6) is 5.75 Å². The molecule has 1 heterocycles. The first-order valence-corrected chi connectivity index (χ1v) is 11.5. The van der Waals surface area contributed by atoms with Crippen molar-refractivity contribution < 1.29 is 32.3 Å². The molecular weight excluding hydrogens is 436 g/mol. The van der Waals surface area contributed by atoms with Gasteiger partial charge in [-0.25, -0.2) is 13.2 Å². The van der Waals surface area contributed by atoms with Crippen LogP contribution in [-0.2, 0) is 19.6 Å². The van der Waals surface area contributed by atoms with Crippen LogP contribution in [0, 0.1) is 5.92 Å². The molecule has 0 unspecified atom stereocenters. The monoisotopic (exact) mass is 460 g/mol. The molecule has 1 fully saturated rings. The van der Waals surface area contributed by atoms with Gasteiger partial charge in [-0.15, -0.1) is 0 Å². The van der Waals surface area contributed by atoms with Crippen LogP contribution in [0.3, 0.4) is 0 Å². The third-order valence-corrected chi connectivity index (χ3v) is 7.04. The topological polar surface area (TPSA) is 133 Å². The Kier molecular flexibility index (Phi) is 7.26. The van der Waals surface area contributed by atoms with Crippen LogP contribution in [0.15, 0.2) is 53.4 Å². The maximum Gasteiger partial charge on any atom is 0.338 e. The Hall–Kier alpha value is -3.24. The zero-order valence-corrected chi connectivity index (χ0v) is 18.3. The minimum absolute atomic E-state index is 0.0647. The minimum Gasteiger partial charge on any atom is -0.462 e. The average molecular weight is 461 g/mol. The van der Waals surface area contributed by atoms with E-state index in [1.807, 2.05) is 0 Å². The number of amides is 1. The van der Waals surface area contributed by atoms with Crippen molar-refractivity contribution in [3.63, 3.8) is 0 Å². The second kappa shape index (κ2) is 9.92. The van der Waals surface area contributed by atoms with Gasteiger partial charge in [0.05, 0.1) is 23.0 Å². The lowest BCUT2D eigenvalue weighted by molar-refractivity contribution is -0.140. The number of rotatable bonds is 7. The first-order valence-electron chi connectivity index (χ1n) is 10.1. The van der Waals surface area contributed by atoms with E-state index in [4.69, 9.17) is 15.2 Å². The molecule has 0 bridgehead atoms. The number of piperidine rings is 1. The van der Waals surface area contributed by atoms with Crippen molar-refractivity contribution in [2.24, 2.45) is 11.7 Å². The van der Waals surface area contributed by atoms with E-state index in [2.05, 4.69) is 0 Å². The molecule has 0 aromatic heterocycles. The van der Waals surface area contributed by atoms with Crippen molar-refractivity contribution in [3.8, 4) is 5.75 Å². The van der Waals surface area contributed by atoms with E-state index in [0.29, 0.717) is 12.8 Å². The van der Waals surface area contributed by atoms with E-state index >= 15 is 0 Å². The van der Waals surface area contributed by atoms with Gasteiger partial charge in [0, 0.05) is 18.7 Å². The molecule has 0 atom stereocenters. The molecule has 170 valence electrons. The number of benzene rings is 2. The molecule has 3 rings (SSSR count). The number of hydrogen-bond acceptors (Lipinski definition) is 7. The molecule has 32 heavy (non-hydrogen) atoms. The molecule has 2 aromatic rings. The second-order valence-corrected chi connectivity index (χ2v) is 9.17. The van der Waals surface area contributed by atoms with Gasteiger partial charge in [0.15, 0.2) is 0 Å². The summed E-state index contributed by atoms with van der Waals surface area (Å²) in [5.74, 6) is -1.88. The number of ether oxygens (including phenoxy) is 2. The third-order valence-electron chi connectivity index (χ3n) is 5.13. The highest BCUT2D eigenvalue weighted by atomic mass is 32.2. The van der Waals surface area contributed by atoms with Crippen LogP contribution >= 0.6 is 0 Å². The van der Waals surface area contributed by atoms with Crippen molar-refractivity contribution in [3.05, 3.63) is 59.7 Å². The van der Waals surface area contributed by atoms with Crippen molar-refractivity contribution in [2.45, 2.75) is 24.7 Å². The molecule has 9 nitrogen and oxygen atoms in total. The molecule has 1 aliphatic rings. The van der Waals surface area contributed by atoms with Gasteiger partial charge in [-0.2, -0.15) is 4.31 Å². The SMILES string of the molecule is CCOC(=O)c1ccc(S(=O)(=O)N2CCC(C(=O)Oc3cccc(C(N)=O)c3)CC2)cc1. The molecule has 0 saturated carbocycles. The number of primary amides is 1. The molecule has 2 aromatic carbocycles. The zero-order valence-electron chi connectivity index (χ0n) is 17.5. The minimum atomic E-state index is -3.76. The van der Waals surface area contributed by atoms with Gasteiger partial charge in [-0.1, -0.05) is 6.07 Å². The standard InChI is InChI=1S/C22H24N2O7S/c1-2-30-21(26)15-6-8-19(9-7-15)32(28,29)24-12-10-16(11-13-24)22(27)31-18-5-3-4-17(14-18)20(23)25/h3-9,14,16H,2,10-13H2,1H3,(H2,23,25). The fraction of sp³-hybridized carbons (Fsp3) is 0.318. The van der Waals surface area contributed by atoms with E-state index in [1.165, 1.54) is 40.7 Å². The summed E-state index contributed by atoms with van der Waals surface area (Å²) in [5, 5.41) is 0. The maximum absolute atomic E-state index is 12.9. The van der Waals surface area contributed by atoms with E-state index in [0.717, 1.165) is 0 Å². The molecule has 2 N–H and O–H groups in total. The van der Waals surface area contributed by atoms with Crippen molar-refractivity contribution in [2.75, 3.05) is 19.7 Å². The largest absolute Gasteiger partial charge is 0.462 e. The lowest BCUT2D eigenvalue weighted by atomic mass is 9.98. The molecule has 1 saturated heterocycles. The highest BCUT2D eigenvalue weighted by Crippen LogP contribution is 2.26. The van der Waals surface area contributed by atoms with Crippen LogP contribution in [-0.4, -0.2) is 50.3 Å². The van der Waals surface area contributed by atoms with Crippen molar-refractivity contribution in [1.82, 2.24) is 4.31 Å². The summed E-state index contributed by atoms with van der Waals surface area (Å²) in [6.45, 7) is 2.23. The van der Waals surface area contributed by atoms with Crippen LogP contribution in [0.1, 0.15) is 40.5 Å². The zero-order chi connectivity index (χ0) is 23.3. The summed E-state index contributed by atoms with van der Waals surface area (Å²) >= 11 is 0. The van der Waals surface area contributed by atoms with Crippen LogP contribution in [0.25, 0.3) is 0 Å². The number of hydrogen-bond donors (Lipinski definition) is 1. The molecule has 1 amide bonds. The Morgan fingerprint density at radius 1 is 1.03 bits per heavy atom. The highest BCUT2D eigenvalue weighted by molar-refractivity contribution is 7.89. The van der Waals surface area contributed by atoms with Gasteiger partial charge < -0.3 is 15.2 Å². The van der Waals surface area contributed by atoms with Gasteiger partial charge in [-0.3, -0.25) is 9.59 Å². The molecule has 0 aliphatic carbocycles. The van der Waals surface area contributed by atoms with Crippen LogP contribution < -0.4 is 10.5 Å². The Balaban J connectivity index is 1.60. The quantitative estimate of drug-likeness (QED) is 0.493. The Labute approximate surface area is 186 Å². The molecule has 1 aliphatic heterocycles. The van der Waals surface area contributed by atoms with Crippen LogP contribution in [0.4, 0.5) is 0 Å². The van der Waals surface area contributed by atoms with E-state index < -0.39 is 33.8 Å². The second-order valence-electron chi connectivity index (χ2n) is 7.24. The molecule has 10 heteroatoms. The van der Waals surface area contributed by atoms with E-state index in [-0.39, 0.29) is 41.5 Å². The number of nitrogens with two attached hydrogens (primary N) is 1. The number of esters is 2. The molecule has 0 radical (unpaired) electrons. The van der Waals surface area contributed by atoms with E-state index in [9.17, 15) is 22.8 Å². The summed E-state index contributed by atoms with van der Waals surface area (Å²) in [6, 6.07) is 11.6. The first kappa shape index (κ1) is 23.4. The van der Waals surface area contributed by atoms with Gasteiger partial charge in [-0.05, 0) is 62.2 Å². The number of sulfonamides is 1. The van der Waals surface area contributed by atoms with Crippen LogP contribution in [0.2, 0.25) is 0 Å². The van der Waals surface area contributed by atoms with Gasteiger partial charge in [0.1, 0.15) is 5.75 Å². The Morgan fingerprint density at radius 2 is 1.69 bits per heavy atom. The fourth-order valence-electron chi connectivity index (χ4n) is 3.37. The normalized spacial score (nSPS) is 15.2. The Morgan fingerprint density at radius 3 is 2.28 bits per heavy atom. The van der Waals surface area contributed by atoms with Crippen molar-refractivity contribution in [1.29, 1.82) is 0 Å².